The van der Waals surface area contributed by atoms with Gasteiger partial charge in [0, 0.05) is 37.5 Å². The van der Waals surface area contributed by atoms with Crippen molar-refractivity contribution in [2.45, 2.75) is 24.6 Å². The van der Waals surface area contributed by atoms with Gasteiger partial charge in [-0.2, -0.15) is 8.42 Å². The van der Waals surface area contributed by atoms with Crippen LogP contribution in [0.4, 0.5) is 0 Å². The molecule has 10 heteroatoms. The van der Waals surface area contributed by atoms with E-state index >= 15 is 0 Å². The van der Waals surface area contributed by atoms with Gasteiger partial charge in [0.25, 0.3) is 5.56 Å². The summed E-state index contributed by atoms with van der Waals surface area (Å²) in [7, 11) is -4.36. The van der Waals surface area contributed by atoms with Crippen molar-refractivity contribution in [3.63, 3.8) is 0 Å². The second-order valence-corrected chi connectivity index (χ2v) is 7.59. The fourth-order valence-corrected chi connectivity index (χ4v) is 3.51. The van der Waals surface area contributed by atoms with Crippen molar-refractivity contribution < 1.29 is 17.4 Å². The lowest BCUT2D eigenvalue weighted by Crippen LogP contribution is -2.35. The lowest BCUT2D eigenvalue weighted by molar-refractivity contribution is 0.215. The molecule has 1 aliphatic rings. The quantitative estimate of drug-likeness (QED) is 0.639. The Bertz CT molecular complexity index is 1140. The number of fused-ring (bicyclic) bond motifs is 1. The summed E-state index contributed by atoms with van der Waals surface area (Å²) in [6.07, 6.45) is 3.88. The smallest absolute Gasteiger partial charge is 0.328 e. The van der Waals surface area contributed by atoms with E-state index in [0.717, 1.165) is 11.3 Å². The summed E-state index contributed by atoms with van der Waals surface area (Å²) in [4.78, 5) is 25.9. The van der Waals surface area contributed by atoms with E-state index < -0.39 is 15.2 Å². The Kier molecular flexibility index (Phi) is 4.38. The van der Waals surface area contributed by atoms with E-state index in [1.807, 2.05) is 11.0 Å². The Morgan fingerprint density at radius 3 is 2.85 bits per heavy atom. The van der Waals surface area contributed by atoms with Crippen LogP contribution in [0.3, 0.4) is 0 Å². The maximum Gasteiger partial charge on any atom is 0.328 e. The van der Waals surface area contributed by atoms with Crippen LogP contribution in [0.15, 0.2) is 51.0 Å². The molecule has 0 aliphatic carbocycles. The van der Waals surface area contributed by atoms with Crippen molar-refractivity contribution >= 4 is 10.1 Å². The van der Waals surface area contributed by atoms with Crippen LogP contribution in [0.25, 0.3) is 11.4 Å². The van der Waals surface area contributed by atoms with Gasteiger partial charge in [0.1, 0.15) is 11.6 Å². The summed E-state index contributed by atoms with van der Waals surface area (Å²) in [5, 5.41) is -0.490. The maximum atomic E-state index is 12.5. The minimum atomic E-state index is -4.36. The van der Waals surface area contributed by atoms with Gasteiger partial charge in [-0.25, -0.2) is 4.98 Å². The van der Waals surface area contributed by atoms with Gasteiger partial charge < -0.3 is 9.40 Å². The first-order valence-corrected chi connectivity index (χ1v) is 9.65. The molecule has 0 spiro atoms. The zero-order valence-electron chi connectivity index (χ0n) is 14.1. The van der Waals surface area contributed by atoms with E-state index in [2.05, 4.69) is 15.0 Å². The maximum absolute atomic E-state index is 12.5. The van der Waals surface area contributed by atoms with Crippen molar-refractivity contribution in [3.8, 4) is 11.4 Å². The Labute approximate surface area is 154 Å². The summed E-state index contributed by atoms with van der Waals surface area (Å²) in [6, 6.07) is 6.31. The number of H-pyrrole nitrogens is 1. The first-order valence-electron chi connectivity index (χ1n) is 8.21. The molecule has 0 unspecified atom stereocenters. The Hall–Kier alpha value is -2.82. The minimum Gasteiger partial charge on any atom is -0.446 e. The van der Waals surface area contributed by atoms with E-state index in [9.17, 15) is 13.2 Å². The van der Waals surface area contributed by atoms with Gasteiger partial charge >= 0.3 is 10.1 Å². The fraction of sp³-hybridized carbons (Fsp3) is 0.235. The monoisotopic (exact) mass is 388 g/mol. The average Bonchev–Trinajstić information content (AvgIpc) is 3.12. The zero-order valence-corrected chi connectivity index (χ0v) is 14.9. The van der Waals surface area contributed by atoms with E-state index in [-0.39, 0.29) is 5.56 Å². The summed E-state index contributed by atoms with van der Waals surface area (Å²) >= 11 is 0. The summed E-state index contributed by atoms with van der Waals surface area (Å²) in [5.74, 6) is 0.881. The molecule has 0 aromatic carbocycles. The normalized spacial score (nSPS) is 14.9. The van der Waals surface area contributed by atoms with Crippen LogP contribution in [0, 0.1) is 0 Å². The van der Waals surface area contributed by atoms with Crippen LogP contribution in [0.2, 0.25) is 0 Å². The van der Waals surface area contributed by atoms with Crippen LogP contribution in [-0.2, 0) is 29.6 Å². The third-order valence-electron chi connectivity index (χ3n) is 4.35. The molecule has 2 N–H and O–H groups in total. The van der Waals surface area contributed by atoms with Gasteiger partial charge in [0.2, 0.25) is 5.09 Å². The minimum absolute atomic E-state index is 0.207. The van der Waals surface area contributed by atoms with Crippen molar-refractivity contribution in [2.75, 3.05) is 6.54 Å². The Balaban J connectivity index is 1.55. The highest BCUT2D eigenvalue weighted by Crippen LogP contribution is 2.21. The lowest BCUT2D eigenvalue weighted by Gasteiger charge is -2.26. The zero-order chi connectivity index (χ0) is 19.0. The molecule has 140 valence electrons. The molecule has 0 bridgehead atoms. The summed E-state index contributed by atoms with van der Waals surface area (Å²) < 4.78 is 36.3. The van der Waals surface area contributed by atoms with Crippen molar-refractivity contribution in [1.29, 1.82) is 0 Å². The average molecular weight is 388 g/mol. The Morgan fingerprint density at radius 2 is 2.15 bits per heavy atom. The van der Waals surface area contributed by atoms with E-state index in [1.54, 1.807) is 18.5 Å². The number of pyridine rings is 1. The molecule has 3 aromatic rings. The van der Waals surface area contributed by atoms with Gasteiger partial charge in [-0.15, -0.1) is 0 Å². The highest BCUT2D eigenvalue weighted by atomic mass is 32.2. The number of aromatic amines is 1. The largest absolute Gasteiger partial charge is 0.446 e. The molecule has 9 nitrogen and oxygen atoms in total. The molecule has 0 amide bonds. The number of hydrogen-bond acceptors (Lipinski definition) is 7. The molecule has 4 heterocycles. The number of nitrogens with one attached hydrogen (secondary N) is 1. The second-order valence-electron chi connectivity index (χ2n) is 6.24. The van der Waals surface area contributed by atoms with Crippen molar-refractivity contribution in [1.82, 2.24) is 19.9 Å². The summed E-state index contributed by atoms with van der Waals surface area (Å²) in [5.41, 5.74) is 1.86. The number of hydrogen-bond donors (Lipinski definition) is 2. The van der Waals surface area contributed by atoms with E-state index in [0.29, 0.717) is 43.2 Å². The van der Waals surface area contributed by atoms with Gasteiger partial charge in [0.05, 0.1) is 17.8 Å². The molecule has 4 rings (SSSR count). The highest BCUT2D eigenvalue weighted by molar-refractivity contribution is 7.85. The molecular formula is C17H16N4O5S. The Morgan fingerprint density at radius 1 is 1.30 bits per heavy atom. The molecule has 1 aliphatic heterocycles. The molecule has 0 saturated heterocycles. The van der Waals surface area contributed by atoms with Crippen LogP contribution < -0.4 is 5.56 Å². The predicted octanol–water partition coefficient (Wildman–Crippen LogP) is 1.23. The SMILES string of the molecule is O=c1[nH]c(-c2cccnc2)nc2c1CN(Cc1ccc(S(=O)(=O)O)o1)CC2. The first-order chi connectivity index (χ1) is 12.9. The van der Waals surface area contributed by atoms with Crippen LogP contribution >= 0.6 is 0 Å². The standard InChI is InChI=1S/C17H16N4O5S/c22-17-13-10-21(9-12-3-4-15(26-12)27(23,24)25)7-5-14(13)19-16(20-17)11-2-1-6-18-8-11/h1-4,6,8H,5,7,9-10H2,(H,19,20,22)(H,23,24,25). The van der Waals surface area contributed by atoms with Gasteiger partial charge in [-0.05, 0) is 24.3 Å². The van der Waals surface area contributed by atoms with E-state index in [1.165, 1.54) is 12.1 Å². The molecule has 0 fully saturated rings. The lowest BCUT2D eigenvalue weighted by atomic mass is 10.1. The molecule has 3 aromatic heterocycles. The number of rotatable bonds is 4. The van der Waals surface area contributed by atoms with Crippen LogP contribution in [0.5, 0.6) is 0 Å². The van der Waals surface area contributed by atoms with Crippen molar-refractivity contribution in [3.05, 3.63) is 64.0 Å². The first kappa shape index (κ1) is 17.6. The molecular weight excluding hydrogens is 372 g/mol. The van der Waals surface area contributed by atoms with E-state index in [4.69, 9.17) is 8.97 Å². The molecule has 0 atom stereocenters. The number of nitrogens with zero attached hydrogens (tertiary/aromatic N) is 3. The molecule has 27 heavy (non-hydrogen) atoms. The number of aromatic nitrogens is 3. The predicted molar refractivity (Wildman–Crippen MR) is 94.4 cm³/mol. The molecule has 0 saturated carbocycles. The van der Waals surface area contributed by atoms with Gasteiger partial charge in [-0.3, -0.25) is 19.2 Å². The second kappa shape index (κ2) is 6.72. The van der Waals surface area contributed by atoms with Crippen LogP contribution in [0.1, 0.15) is 17.0 Å². The topological polar surface area (TPSA) is 129 Å². The third kappa shape index (κ3) is 3.68. The molecule has 0 radical (unpaired) electrons. The summed E-state index contributed by atoms with van der Waals surface area (Å²) in [6.45, 7) is 1.32. The van der Waals surface area contributed by atoms with Crippen LogP contribution in [-0.4, -0.2) is 39.4 Å². The number of furan rings is 1. The van der Waals surface area contributed by atoms with Crippen molar-refractivity contribution in [2.24, 2.45) is 0 Å². The fourth-order valence-electron chi connectivity index (χ4n) is 3.06. The van der Waals surface area contributed by atoms with Gasteiger partial charge in [0.15, 0.2) is 0 Å². The third-order valence-corrected chi connectivity index (χ3v) is 5.08. The highest BCUT2D eigenvalue weighted by Gasteiger charge is 2.23. The van der Waals surface area contributed by atoms with Gasteiger partial charge in [-0.1, -0.05) is 0 Å².